The molecule has 4 nitrogen and oxygen atoms in total. The summed E-state index contributed by atoms with van der Waals surface area (Å²) < 4.78 is 5.10. The van der Waals surface area contributed by atoms with E-state index in [1.54, 1.807) is 18.4 Å². The van der Waals surface area contributed by atoms with Gasteiger partial charge in [0.1, 0.15) is 15.8 Å². The topological polar surface area (TPSA) is 61.0 Å². The molecule has 0 atom stereocenters. The summed E-state index contributed by atoms with van der Waals surface area (Å²) in [4.78, 5) is 0. The van der Waals surface area contributed by atoms with E-state index < -0.39 is 0 Å². The van der Waals surface area contributed by atoms with Crippen LogP contribution in [0.5, 0.6) is 5.75 Å². The molecule has 0 amide bonds. The maximum atomic E-state index is 5.47. The van der Waals surface area contributed by atoms with Crippen molar-refractivity contribution in [1.82, 2.24) is 10.2 Å². The standard InChI is InChI=1S/C11H13N3OS/c1-15-9-4-2-8(3-5-9)11-14-13-10(16-11)6-7-12/h2-5H,6-7,12H2,1H3. The maximum absolute atomic E-state index is 5.47. The first-order valence-electron chi connectivity index (χ1n) is 5.00. The van der Waals surface area contributed by atoms with Crippen LogP contribution in [0, 0.1) is 0 Å². The molecule has 1 heterocycles. The third kappa shape index (κ3) is 2.37. The van der Waals surface area contributed by atoms with E-state index in [0.717, 1.165) is 27.7 Å². The lowest BCUT2D eigenvalue weighted by Gasteiger charge is -1.99. The molecule has 84 valence electrons. The van der Waals surface area contributed by atoms with Gasteiger partial charge in [-0.05, 0) is 30.8 Å². The Morgan fingerprint density at radius 2 is 2.00 bits per heavy atom. The fourth-order valence-electron chi connectivity index (χ4n) is 1.33. The number of aromatic nitrogens is 2. The van der Waals surface area contributed by atoms with Crippen LogP contribution in [0.1, 0.15) is 5.01 Å². The first-order chi connectivity index (χ1) is 7.83. The van der Waals surface area contributed by atoms with E-state index >= 15 is 0 Å². The number of methoxy groups -OCH3 is 1. The van der Waals surface area contributed by atoms with Gasteiger partial charge in [0, 0.05) is 12.0 Å². The minimum atomic E-state index is 0.608. The molecular weight excluding hydrogens is 222 g/mol. The zero-order valence-corrected chi connectivity index (χ0v) is 9.83. The van der Waals surface area contributed by atoms with Crippen LogP contribution in [0.4, 0.5) is 0 Å². The molecular formula is C11H13N3OS. The Morgan fingerprint density at radius 3 is 2.62 bits per heavy atom. The SMILES string of the molecule is COc1ccc(-c2nnc(CCN)s2)cc1. The van der Waals surface area contributed by atoms with Gasteiger partial charge in [-0.15, -0.1) is 10.2 Å². The van der Waals surface area contributed by atoms with Gasteiger partial charge in [0.05, 0.1) is 7.11 Å². The molecule has 1 aromatic carbocycles. The van der Waals surface area contributed by atoms with Gasteiger partial charge in [-0.2, -0.15) is 0 Å². The van der Waals surface area contributed by atoms with Crippen molar-refractivity contribution < 1.29 is 4.74 Å². The third-order valence-electron chi connectivity index (χ3n) is 2.16. The monoisotopic (exact) mass is 235 g/mol. The highest BCUT2D eigenvalue weighted by Crippen LogP contribution is 2.25. The number of ether oxygens (including phenoxy) is 1. The second-order valence-electron chi connectivity index (χ2n) is 3.27. The van der Waals surface area contributed by atoms with Gasteiger partial charge in [-0.3, -0.25) is 0 Å². The smallest absolute Gasteiger partial charge is 0.147 e. The Labute approximate surface area is 98.1 Å². The zero-order chi connectivity index (χ0) is 11.4. The first kappa shape index (κ1) is 11.0. The van der Waals surface area contributed by atoms with Crippen LogP contribution in [0.2, 0.25) is 0 Å². The van der Waals surface area contributed by atoms with E-state index in [1.165, 1.54) is 0 Å². The van der Waals surface area contributed by atoms with Crippen LogP contribution in [0.3, 0.4) is 0 Å². The van der Waals surface area contributed by atoms with Gasteiger partial charge in [0.15, 0.2) is 0 Å². The molecule has 0 aliphatic heterocycles. The van der Waals surface area contributed by atoms with Gasteiger partial charge < -0.3 is 10.5 Å². The minimum absolute atomic E-state index is 0.608. The van der Waals surface area contributed by atoms with E-state index in [2.05, 4.69) is 10.2 Å². The van der Waals surface area contributed by atoms with Crippen LogP contribution < -0.4 is 10.5 Å². The summed E-state index contributed by atoms with van der Waals surface area (Å²) in [6.45, 7) is 0.608. The Morgan fingerprint density at radius 1 is 1.25 bits per heavy atom. The molecule has 0 saturated carbocycles. The van der Waals surface area contributed by atoms with E-state index in [4.69, 9.17) is 10.5 Å². The molecule has 0 bridgehead atoms. The Kier molecular flexibility index (Phi) is 3.48. The van der Waals surface area contributed by atoms with Crippen LogP contribution in [-0.2, 0) is 6.42 Å². The fraction of sp³-hybridized carbons (Fsp3) is 0.273. The lowest BCUT2D eigenvalue weighted by molar-refractivity contribution is 0.415. The van der Waals surface area contributed by atoms with Crippen LogP contribution in [0.25, 0.3) is 10.6 Å². The second kappa shape index (κ2) is 5.05. The Hall–Kier alpha value is -1.46. The van der Waals surface area contributed by atoms with Gasteiger partial charge in [0.25, 0.3) is 0 Å². The van der Waals surface area contributed by atoms with Crippen molar-refractivity contribution in [3.8, 4) is 16.3 Å². The number of hydrogen-bond donors (Lipinski definition) is 1. The molecule has 1 aromatic heterocycles. The number of hydrogen-bond acceptors (Lipinski definition) is 5. The van der Waals surface area contributed by atoms with Gasteiger partial charge in [-0.25, -0.2) is 0 Å². The molecule has 16 heavy (non-hydrogen) atoms. The number of benzene rings is 1. The number of rotatable bonds is 4. The molecule has 2 aromatic rings. The minimum Gasteiger partial charge on any atom is -0.497 e. The molecule has 5 heteroatoms. The summed E-state index contributed by atoms with van der Waals surface area (Å²) in [6.07, 6.45) is 0.786. The van der Waals surface area contributed by atoms with E-state index in [0.29, 0.717) is 6.54 Å². The van der Waals surface area contributed by atoms with E-state index in [-0.39, 0.29) is 0 Å². The highest BCUT2D eigenvalue weighted by atomic mass is 32.1. The predicted molar refractivity (Wildman–Crippen MR) is 64.7 cm³/mol. The summed E-state index contributed by atoms with van der Waals surface area (Å²) in [5, 5.41) is 10.1. The molecule has 0 saturated heterocycles. The average Bonchev–Trinajstić information content (AvgIpc) is 2.78. The van der Waals surface area contributed by atoms with Crippen LogP contribution >= 0.6 is 11.3 Å². The van der Waals surface area contributed by atoms with Gasteiger partial charge in [0.2, 0.25) is 0 Å². The van der Waals surface area contributed by atoms with Crippen LogP contribution in [-0.4, -0.2) is 23.9 Å². The Bertz CT molecular complexity index is 453. The normalized spacial score (nSPS) is 10.4. The predicted octanol–water partition coefficient (Wildman–Crippen LogP) is 1.71. The average molecular weight is 235 g/mol. The molecule has 2 rings (SSSR count). The largest absolute Gasteiger partial charge is 0.497 e. The van der Waals surface area contributed by atoms with Gasteiger partial charge >= 0.3 is 0 Å². The summed E-state index contributed by atoms with van der Waals surface area (Å²) in [7, 11) is 1.65. The molecule has 0 spiro atoms. The molecule has 2 N–H and O–H groups in total. The summed E-state index contributed by atoms with van der Waals surface area (Å²) >= 11 is 1.58. The zero-order valence-electron chi connectivity index (χ0n) is 9.01. The highest BCUT2D eigenvalue weighted by molar-refractivity contribution is 7.14. The van der Waals surface area contributed by atoms with Crippen molar-refractivity contribution in [2.75, 3.05) is 13.7 Å². The second-order valence-corrected chi connectivity index (χ2v) is 4.33. The summed E-state index contributed by atoms with van der Waals surface area (Å²) in [5.41, 5.74) is 6.53. The first-order valence-corrected chi connectivity index (χ1v) is 5.82. The molecule has 0 radical (unpaired) electrons. The maximum Gasteiger partial charge on any atom is 0.147 e. The number of nitrogens with two attached hydrogens (primary N) is 1. The molecule has 0 unspecified atom stereocenters. The van der Waals surface area contributed by atoms with Crippen LogP contribution in [0.15, 0.2) is 24.3 Å². The van der Waals surface area contributed by atoms with E-state index in [1.807, 2.05) is 24.3 Å². The van der Waals surface area contributed by atoms with Crippen molar-refractivity contribution >= 4 is 11.3 Å². The number of nitrogens with zero attached hydrogens (tertiary/aromatic N) is 2. The highest BCUT2D eigenvalue weighted by Gasteiger charge is 2.05. The van der Waals surface area contributed by atoms with Crippen molar-refractivity contribution in [3.05, 3.63) is 29.3 Å². The van der Waals surface area contributed by atoms with Gasteiger partial charge in [-0.1, -0.05) is 11.3 Å². The third-order valence-corrected chi connectivity index (χ3v) is 3.19. The quantitative estimate of drug-likeness (QED) is 0.876. The van der Waals surface area contributed by atoms with Crippen molar-refractivity contribution in [2.45, 2.75) is 6.42 Å². The molecule has 0 aliphatic rings. The lowest BCUT2D eigenvalue weighted by Crippen LogP contribution is -2.01. The lowest BCUT2D eigenvalue weighted by atomic mass is 10.2. The van der Waals surface area contributed by atoms with Crippen molar-refractivity contribution in [2.24, 2.45) is 5.73 Å². The molecule has 0 fully saturated rings. The summed E-state index contributed by atoms with van der Waals surface area (Å²) in [6, 6.07) is 7.79. The van der Waals surface area contributed by atoms with E-state index in [9.17, 15) is 0 Å². The van der Waals surface area contributed by atoms with Crippen molar-refractivity contribution in [1.29, 1.82) is 0 Å². The Balaban J connectivity index is 2.21. The summed E-state index contributed by atoms with van der Waals surface area (Å²) in [5.74, 6) is 0.843. The molecule has 0 aliphatic carbocycles. The van der Waals surface area contributed by atoms with Crippen molar-refractivity contribution in [3.63, 3.8) is 0 Å². The fourth-order valence-corrected chi connectivity index (χ4v) is 2.19.